The smallest absolute Gasteiger partial charge is 0.339 e. The van der Waals surface area contributed by atoms with E-state index in [4.69, 9.17) is 9.72 Å². The molecule has 144 valence electrons. The average molecular weight is 404 g/mol. The fourth-order valence-corrected chi connectivity index (χ4v) is 4.04. The minimum absolute atomic E-state index is 0.138. The summed E-state index contributed by atoms with van der Waals surface area (Å²) in [5.74, 6) is -0.411. The summed E-state index contributed by atoms with van der Waals surface area (Å²) in [4.78, 5) is 18.7. The maximum atomic E-state index is 13.0. The lowest BCUT2D eigenvalue weighted by Crippen LogP contribution is -2.07. The number of aryl methyl sites for hydroxylation is 2. The van der Waals surface area contributed by atoms with Crippen LogP contribution in [0.5, 0.6) is 0 Å². The molecule has 0 amide bonds. The van der Waals surface area contributed by atoms with Gasteiger partial charge in [-0.2, -0.15) is 20.5 Å². The standard InChI is InChI=1S/C20H16N6O2S/c1-11-18-13(9-16(17-4-3-7-29-17)21-19(18)26(2)24-11)20(27)28-10-12-5-6-14-15(8-12)23-25-22-14/h3-9H,10H2,1-2H3,(H,22,23,25). The number of pyridine rings is 1. The molecule has 5 rings (SSSR count). The van der Waals surface area contributed by atoms with Gasteiger partial charge >= 0.3 is 5.97 Å². The van der Waals surface area contributed by atoms with Gasteiger partial charge in [0.25, 0.3) is 0 Å². The highest BCUT2D eigenvalue weighted by molar-refractivity contribution is 7.13. The van der Waals surface area contributed by atoms with Crippen molar-refractivity contribution in [3.63, 3.8) is 0 Å². The van der Waals surface area contributed by atoms with Crippen molar-refractivity contribution in [2.45, 2.75) is 13.5 Å². The van der Waals surface area contributed by atoms with E-state index in [-0.39, 0.29) is 6.61 Å². The van der Waals surface area contributed by atoms with Crippen LogP contribution in [-0.2, 0) is 18.4 Å². The zero-order valence-electron chi connectivity index (χ0n) is 15.7. The van der Waals surface area contributed by atoms with Gasteiger partial charge in [-0.25, -0.2) is 9.78 Å². The van der Waals surface area contributed by atoms with Crippen LogP contribution in [0.1, 0.15) is 21.6 Å². The number of nitrogens with zero attached hydrogens (tertiary/aromatic N) is 5. The van der Waals surface area contributed by atoms with Crippen LogP contribution in [0.2, 0.25) is 0 Å². The Morgan fingerprint density at radius 2 is 2.07 bits per heavy atom. The van der Waals surface area contributed by atoms with E-state index in [1.807, 2.05) is 49.7 Å². The molecule has 0 radical (unpaired) electrons. The van der Waals surface area contributed by atoms with Crippen molar-refractivity contribution < 1.29 is 9.53 Å². The Bertz CT molecular complexity index is 1350. The summed E-state index contributed by atoms with van der Waals surface area (Å²) in [6, 6.07) is 11.3. The molecule has 0 spiro atoms. The molecule has 0 saturated heterocycles. The Labute approximate surface area is 169 Å². The normalized spacial score (nSPS) is 11.4. The fourth-order valence-electron chi connectivity index (χ4n) is 3.36. The molecule has 0 atom stereocenters. The number of rotatable bonds is 4. The van der Waals surface area contributed by atoms with E-state index in [1.54, 1.807) is 22.1 Å². The summed E-state index contributed by atoms with van der Waals surface area (Å²) in [6.45, 7) is 2.00. The number of nitrogens with one attached hydrogen (secondary N) is 1. The number of esters is 1. The molecule has 0 aliphatic carbocycles. The SMILES string of the molecule is Cc1nn(C)c2nc(-c3cccs3)cc(C(=O)OCc3ccc4n[nH]nc4c3)c12. The van der Waals surface area contributed by atoms with Gasteiger partial charge in [0.15, 0.2) is 5.65 Å². The predicted molar refractivity (Wildman–Crippen MR) is 110 cm³/mol. The van der Waals surface area contributed by atoms with Gasteiger partial charge in [0.2, 0.25) is 0 Å². The number of H-pyrrole nitrogens is 1. The Balaban J connectivity index is 1.51. The molecule has 0 aliphatic rings. The molecule has 0 fully saturated rings. The molecule has 0 saturated carbocycles. The molecule has 4 aromatic heterocycles. The van der Waals surface area contributed by atoms with E-state index in [0.29, 0.717) is 16.6 Å². The number of carbonyl (C=O) groups is 1. The van der Waals surface area contributed by atoms with Gasteiger partial charge in [0.05, 0.1) is 27.2 Å². The van der Waals surface area contributed by atoms with Crippen LogP contribution < -0.4 is 0 Å². The first-order chi connectivity index (χ1) is 14.1. The molecule has 29 heavy (non-hydrogen) atoms. The summed E-state index contributed by atoms with van der Waals surface area (Å²) in [6.07, 6.45) is 0. The third-order valence-corrected chi connectivity index (χ3v) is 5.61. The summed E-state index contributed by atoms with van der Waals surface area (Å²) in [7, 11) is 1.82. The lowest BCUT2D eigenvalue weighted by molar-refractivity contribution is 0.0475. The lowest BCUT2D eigenvalue weighted by atomic mass is 10.1. The van der Waals surface area contributed by atoms with Gasteiger partial charge in [-0.05, 0) is 42.1 Å². The van der Waals surface area contributed by atoms with Gasteiger partial charge in [-0.1, -0.05) is 12.1 Å². The topological polar surface area (TPSA) is 98.6 Å². The van der Waals surface area contributed by atoms with E-state index in [0.717, 1.165) is 32.9 Å². The molecule has 1 aromatic carbocycles. The molecule has 0 bridgehead atoms. The maximum Gasteiger partial charge on any atom is 0.339 e. The van der Waals surface area contributed by atoms with E-state index in [1.165, 1.54) is 0 Å². The first kappa shape index (κ1) is 17.5. The fraction of sp³-hybridized carbons (Fsp3) is 0.150. The molecule has 0 aliphatic heterocycles. The van der Waals surface area contributed by atoms with E-state index >= 15 is 0 Å². The van der Waals surface area contributed by atoms with Crippen molar-refractivity contribution in [3.8, 4) is 10.6 Å². The number of aromatic nitrogens is 6. The highest BCUT2D eigenvalue weighted by atomic mass is 32.1. The highest BCUT2D eigenvalue weighted by Gasteiger charge is 2.20. The van der Waals surface area contributed by atoms with Gasteiger partial charge in [0, 0.05) is 7.05 Å². The number of ether oxygens (including phenoxy) is 1. The van der Waals surface area contributed by atoms with Crippen molar-refractivity contribution in [2.75, 3.05) is 0 Å². The molecular weight excluding hydrogens is 388 g/mol. The predicted octanol–water partition coefficient (Wildman–Crippen LogP) is 3.63. The highest BCUT2D eigenvalue weighted by Crippen LogP contribution is 2.29. The number of aromatic amines is 1. The van der Waals surface area contributed by atoms with E-state index < -0.39 is 5.97 Å². The summed E-state index contributed by atoms with van der Waals surface area (Å²) >= 11 is 1.57. The van der Waals surface area contributed by atoms with Gasteiger partial charge < -0.3 is 4.74 Å². The zero-order chi connectivity index (χ0) is 20.0. The van der Waals surface area contributed by atoms with Crippen LogP contribution in [0.25, 0.3) is 32.6 Å². The number of carbonyl (C=O) groups excluding carboxylic acids is 1. The monoisotopic (exact) mass is 404 g/mol. The lowest BCUT2D eigenvalue weighted by Gasteiger charge is -2.08. The largest absolute Gasteiger partial charge is 0.457 e. The molecule has 8 nitrogen and oxygen atoms in total. The molecule has 9 heteroatoms. The molecule has 4 heterocycles. The number of benzene rings is 1. The molecule has 5 aromatic rings. The first-order valence-electron chi connectivity index (χ1n) is 8.95. The Hall–Kier alpha value is -3.59. The number of hydrogen-bond acceptors (Lipinski definition) is 7. The second-order valence-electron chi connectivity index (χ2n) is 6.66. The van der Waals surface area contributed by atoms with Crippen LogP contribution in [-0.4, -0.2) is 36.1 Å². The Morgan fingerprint density at radius 3 is 2.90 bits per heavy atom. The maximum absolute atomic E-state index is 13.0. The Kier molecular flexibility index (Phi) is 4.09. The van der Waals surface area contributed by atoms with E-state index in [9.17, 15) is 4.79 Å². The molecule has 0 unspecified atom stereocenters. The van der Waals surface area contributed by atoms with Crippen LogP contribution >= 0.6 is 11.3 Å². The number of thiophene rings is 1. The first-order valence-corrected chi connectivity index (χ1v) is 9.83. The van der Waals surface area contributed by atoms with Gasteiger partial charge in [0.1, 0.15) is 17.6 Å². The number of fused-ring (bicyclic) bond motifs is 2. The van der Waals surface area contributed by atoms with Crippen LogP contribution in [0.3, 0.4) is 0 Å². The molecule has 1 N–H and O–H groups in total. The van der Waals surface area contributed by atoms with Crippen LogP contribution in [0.15, 0.2) is 41.8 Å². The summed E-state index contributed by atoms with van der Waals surface area (Å²) in [5, 5.41) is 17.8. The zero-order valence-corrected chi connectivity index (χ0v) is 16.5. The van der Waals surface area contributed by atoms with Crippen molar-refractivity contribution in [1.29, 1.82) is 0 Å². The molecular formula is C20H16N6O2S. The summed E-state index contributed by atoms with van der Waals surface area (Å²) < 4.78 is 7.32. The van der Waals surface area contributed by atoms with Crippen molar-refractivity contribution in [1.82, 2.24) is 30.2 Å². The average Bonchev–Trinajstić information content (AvgIpc) is 3.46. The summed E-state index contributed by atoms with van der Waals surface area (Å²) in [5.41, 5.74) is 4.92. The van der Waals surface area contributed by atoms with Crippen molar-refractivity contribution >= 4 is 39.4 Å². The van der Waals surface area contributed by atoms with Crippen LogP contribution in [0, 0.1) is 6.92 Å². The minimum atomic E-state index is -0.411. The van der Waals surface area contributed by atoms with Crippen molar-refractivity contribution in [2.24, 2.45) is 7.05 Å². The second kappa shape index (κ2) is 6.78. The van der Waals surface area contributed by atoms with Crippen LogP contribution in [0.4, 0.5) is 0 Å². The van der Waals surface area contributed by atoms with E-state index in [2.05, 4.69) is 20.5 Å². The van der Waals surface area contributed by atoms with Gasteiger partial charge in [-0.15, -0.1) is 11.3 Å². The third-order valence-electron chi connectivity index (χ3n) is 4.71. The number of hydrogen-bond donors (Lipinski definition) is 1. The Morgan fingerprint density at radius 1 is 1.21 bits per heavy atom. The third kappa shape index (κ3) is 3.05. The van der Waals surface area contributed by atoms with Gasteiger partial charge in [-0.3, -0.25) is 4.68 Å². The quantitative estimate of drug-likeness (QED) is 0.459. The minimum Gasteiger partial charge on any atom is -0.457 e. The second-order valence-corrected chi connectivity index (χ2v) is 7.61. The van der Waals surface area contributed by atoms with Crippen molar-refractivity contribution in [3.05, 3.63) is 58.6 Å².